The number of anilines is 2. The zero-order chi connectivity index (χ0) is 24.2. The van der Waals surface area contributed by atoms with Gasteiger partial charge in [-0.25, -0.2) is 0 Å². The normalized spacial score (nSPS) is 15.1. The SMILES string of the molecule is COCCOc1cc2c(cc1OC)CC(=O)N(c1ccc(N(C)C)cc1)C2c1ccc(Cl)cc1. The highest BCUT2D eigenvalue weighted by Gasteiger charge is 2.36. The summed E-state index contributed by atoms with van der Waals surface area (Å²) in [5.41, 5.74) is 4.77. The van der Waals surface area contributed by atoms with E-state index >= 15 is 0 Å². The molecule has 1 amide bonds. The summed E-state index contributed by atoms with van der Waals surface area (Å²) in [6, 6.07) is 19.2. The van der Waals surface area contributed by atoms with Crippen molar-refractivity contribution in [3.05, 3.63) is 82.4 Å². The Labute approximate surface area is 205 Å². The summed E-state index contributed by atoms with van der Waals surface area (Å²) < 4.78 is 16.7. The Kier molecular flexibility index (Phi) is 7.29. The van der Waals surface area contributed by atoms with E-state index < -0.39 is 0 Å². The molecule has 34 heavy (non-hydrogen) atoms. The Morgan fingerprint density at radius 2 is 1.68 bits per heavy atom. The van der Waals surface area contributed by atoms with E-state index in [9.17, 15) is 4.79 Å². The zero-order valence-corrected chi connectivity index (χ0v) is 20.6. The second-order valence-corrected chi connectivity index (χ2v) is 8.79. The number of fused-ring (bicyclic) bond motifs is 1. The van der Waals surface area contributed by atoms with Crippen molar-refractivity contribution in [1.82, 2.24) is 0 Å². The number of amides is 1. The highest BCUT2D eigenvalue weighted by Crippen LogP contribution is 2.43. The van der Waals surface area contributed by atoms with Gasteiger partial charge in [-0.15, -0.1) is 0 Å². The van der Waals surface area contributed by atoms with Crippen molar-refractivity contribution >= 4 is 28.9 Å². The predicted octanol–water partition coefficient (Wildman–Crippen LogP) is 5.12. The van der Waals surface area contributed by atoms with Crippen LogP contribution in [0.5, 0.6) is 11.5 Å². The largest absolute Gasteiger partial charge is 0.493 e. The molecule has 3 aromatic rings. The van der Waals surface area contributed by atoms with E-state index in [1.165, 1.54) is 0 Å². The molecular formula is C27H29ClN2O4. The summed E-state index contributed by atoms with van der Waals surface area (Å²) in [6.45, 7) is 0.857. The number of rotatable bonds is 8. The molecule has 3 aromatic carbocycles. The van der Waals surface area contributed by atoms with Gasteiger partial charge in [-0.1, -0.05) is 23.7 Å². The maximum atomic E-state index is 13.5. The van der Waals surface area contributed by atoms with Gasteiger partial charge in [0.15, 0.2) is 11.5 Å². The minimum absolute atomic E-state index is 0.0140. The van der Waals surface area contributed by atoms with Crippen LogP contribution in [-0.2, 0) is 16.0 Å². The molecule has 7 heteroatoms. The highest BCUT2D eigenvalue weighted by atomic mass is 35.5. The third kappa shape index (κ3) is 4.83. The number of nitrogens with zero attached hydrogens (tertiary/aromatic N) is 2. The molecule has 4 rings (SSSR count). The van der Waals surface area contributed by atoms with E-state index in [4.69, 9.17) is 25.8 Å². The molecule has 0 bridgehead atoms. The lowest BCUT2D eigenvalue weighted by molar-refractivity contribution is -0.118. The van der Waals surface area contributed by atoms with E-state index in [0.29, 0.717) is 29.7 Å². The smallest absolute Gasteiger partial charge is 0.232 e. The Hall–Kier alpha value is -3.22. The summed E-state index contributed by atoms with van der Waals surface area (Å²) in [7, 11) is 7.22. The molecule has 0 N–H and O–H groups in total. The van der Waals surface area contributed by atoms with Crippen molar-refractivity contribution in [3.63, 3.8) is 0 Å². The second-order valence-electron chi connectivity index (χ2n) is 8.35. The van der Waals surface area contributed by atoms with E-state index in [0.717, 1.165) is 28.1 Å². The van der Waals surface area contributed by atoms with Gasteiger partial charge in [-0.2, -0.15) is 0 Å². The number of hydrogen-bond donors (Lipinski definition) is 0. The Morgan fingerprint density at radius 3 is 2.29 bits per heavy atom. The molecule has 178 valence electrons. The first-order chi connectivity index (χ1) is 16.4. The van der Waals surface area contributed by atoms with Crippen LogP contribution in [0.2, 0.25) is 5.02 Å². The van der Waals surface area contributed by atoms with Crippen LogP contribution in [0.15, 0.2) is 60.7 Å². The molecule has 0 aliphatic carbocycles. The van der Waals surface area contributed by atoms with Crippen LogP contribution in [0.25, 0.3) is 0 Å². The molecule has 6 nitrogen and oxygen atoms in total. The van der Waals surface area contributed by atoms with Gasteiger partial charge in [0.1, 0.15) is 6.61 Å². The molecule has 1 aliphatic rings. The van der Waals surface area contributed by atoms with Gasteiger partial charge in [-0.05, 0) is 65.2 Å². The average Bonchev–Trinajstić information content (AvgIpc) is 2.84. The van der Waals surface area contributed by atoms with Crippen molar-refractivity contribution in [3.8, 4) is 11.5 Å². The van der Waals surface area contributed by atoms with Gasteiger partial charge in [0.2, 0.25) is 5.91 Å². The summed E-state index contributed by atoms with van der Waals surface area (Å²) in [6.07, 6.45) is 0.267. The van der Waals surface area contributed by atoms with Crippen molar-refractivity contribution in [2.45, 2.75) is 12.5 Å². The molecule has 1 aliphatic heterocycles. The van der Waals surface area contributed by atoms with Crippen LogP contribution < -0.4 is 19.3 Å². The molecule has 1 unspecified atom stereocenters. The first-order valence-corrected chi connectivity index (χ1v) is 11.5. The van der Waals surface area contributed by atoms with Crippen LogP contribution in [-0.4, -0.2) is 47.4 Å². The first kappa shape index (κ1) is 23.9. The van der Waals surface area contributed by atoms with Crippen LogP contribution in [0.1, 0.15) is 22.7 Å². The number of methoxy groups -OCH3 is 2. The van der Waals surface area contributed by atoms with Gasteiger partial charge >= 0.3 is 0 Å². The van der Waals surface area contributed by atoms with Gasteiger partial charge in [0.05, 0.1) is 26.2 Å². The first-order valence-electron chi connectivity index (χ1n) is 11.1. The number of carbonyl (C=O) groups excluding carboxylic acids is 1. The highest BCUT2D eigenvalue weighted by molar-refractivity contribution is 6.30. The Morgan fingerprint density at radius 1 is 0.971 bits per heavy atom. The Bertz CT molecular complexity index is 1150. The zero-order valence-electron chi connectivity index (χ0n) is 19.9. The summed E-state index contributed by atoms with van der Waals surface area (Å²) >= 11 is 6.18. The summed E-state index contributed by atoms with van der Waals surface area (Å²) in [5.74, 6) is 1.23. The van der Waals surface area contributed by atoms with Gasteiger partial charge in [-0.3, -0.25) is 4.79 Å². The minimum Gasteiger partial charge on any atom is -0.493 e. The predicted molar refractivity (Wildman–Crippen MR) is 136 cm³/mol. The summed E-state index contributed by atoms with van der Waals surface area (Å²) in [4.78, 5) is 17.4. The third-order valence-corrected chi connectivity index (χ3v) is 6.22. The molecule has 0 saturated heterocycles. The van der Waals surface area contributed by atoms with Crippen molar-refractivity contribution in [1.29, 1.82) is 0 Å². The lowest BCUT2D eigenvalue weighted by atomic mass is 9.87. The van der Waals surface area contributed by atoms with Crippen LogP contribution >= 0.6 is 11.6 Å². The maximum absolute atomic E-state index is 13.5. The van der Waals surface area contributed by atoms with Crippen molar-refractivity contribution < 1.29 is 19.0 Å². The fraction of sp³-hybridized carbons (Fsp3) is 0.296. The number of halogens is 1. The number of hydrogen-bond acceptors (Lipinski definition) is 5. The number of benzene rings is 3. The van der Waals surface area contributed by atoms with E-state index in [2.05, 4.69) is 0 Å². The maximum Gasteiger partial charge on any atom is 0.232 e. The lowest BCUT2D eigenvalue weighted by Crippen LogP contribution is -2.41. The molecule has 0 aromatic heterocycles. The van der Waals surface area contributed by atoms with E-state index in [-0.39, 0.29) is 18.4 Å². The molecular weight excluding hydrogens is 452 g/mol. The molecule has 0 radical (unpaired) electrons. The van der Waals surface area contributed by atoms with E-state index in [1.807, 2.05) is 84.6 Å². The van der Waals surface area contributed by atoms with Crippen LogP contribution in [0, 0.1) is 0 Å². The van der Waals surface area contributed by atoms with Crippen molar-refractivity contribution in [2.24, 2.45) is 0 Å². The molecule has 0 saturated carbocycles. The number of carbonyl (C=O) groups is 1. The summed E-state index contributed by atoms with van der Waals surface area (Å²) in [5, 5.41) is 0.645. The van der Waals surface area contributed by atoms with Gasteiger partial charge < -0.3 is 24.0 Å². The second kappa shape index (κ2) is 10.4. The molecule has 0 fully saturated rings. The minimum atomic E-state index is -0.339. The Balaban J connectivity index is 1.85. The lowest BCUT2D eigenvalue weighted by Gasteiger charge is -2.38. The van der Waals surface area contributed by atoms with E-state index in [1.54, 1.807) is 14.2 Å². The standard InChI is InChI=1S/C27H29ClN2O4/c1-29(2)21-9-11-22(12-10-21)30-26(31)16-19-15-24(33-4)25(34-14-13-32-3)17-23(19)27(30)18-5-7-20(28)8-6-18/h5-12,15,17,27H,13-14,16H2,1-4H3. The quantitative estimate of drug-likeness (QED) is 0.419. The van der Waals surface area contributed by atoms with Crippen LogP contribution in [0.4, 0.5) is 11.4 Å². The van der Waals surface area contributed by atoms with Crippen LogP contribution in [0.3, 0.4) is 0 Å². The van der Waals surface area contributed by atoms with Crippen molar-refractivity contribution in [2.75, 3.05) is 51.3 Å². The van der Waals surface area contributed by atoms with Gasteiger partial charge in [0, 0.05) is 37.6 Å². The fourth-order valence-electron chi connectivity index (χ4n) is 4.24. The number of ether oxygens (including phenoxy) is 3. The third-order valence-electron chi connectivity index (χ3n) is 5.96. The molecule has 0 spiro atoms. The average molecular weight is 481 g/mol. The molecule has 1 atom stereocenters. The molecule has 1 heterocycles. The fourth-order valence-corrected chi connectivity index (χ4v) is 4.37. The monoisotopic (exact) mass is 480 g/mol. The van der Waals surface area contributed by atoms with Gasteiger partial charge in [0.25, 0.3) is 0 Å². The topological polar surface area (TPSA) is 51.2 Å².